The van der Waals surface area contributed by atoms with E-state index in [2.05, 4.69) is 4.98 Å². The number of amidine groups is 1. The maximum atomic E-state index is 12.2. The average molecular weight is 403 g/mol. The molecule has 0 unspecified atom stereocenters. The summed E-state index contributed by atoms with van der Waals surface area (Å²) in [5, 5.41) is 8.65. The minimum atomic E-state index is -0.696. The molecule has 4 N–H and O–H groups in total. The van der Waals surface area contributed by atoms with E-state index < -0.39 is 6.03 Å². The fourth-order valence-corrected chi connectivity index (χ4v) is 3.22. The Kier molecular flexibility index (Phi) is 6.41. The third-order valence-electron chi connectivity index (χ3n) is 4.75. The first-order valence-corrected chi connectivity index (χ1v) is 9.91. The van der Waals surface area contributed by atoms with Gasteiger partial charge < -0.3 is 10.7 Å². The molecule has 2 amide bonds. The zero-order valence-corrected chi connectivity index (χ0v) is 17.1. The van der Waals surface area contributed by atoms with Gasteiger partial charge in [-0.1, -0.05) is 62.4 Å². The number of aromatic nitrogens is 2. The number of amides is 2. The highest BCUT2D eigenvalue weighted by Crippen LogP contribution is 2.28. The lowest BCUT2D eigenvalue weighted by Crippen LogP contribution is -2.41. The summed E-state index contributed by atoms with van der Waals surface area (Å²) in [6.07, 6.45) is 1.05. The monoisotopic (exact) mass is 403 g/mol. The molecule has 0 aliphatic heterocycles. The van der Waals surface area contributed by atoms with Gasteiger partial charge in [0.05, 0.1) is 0 Å². The van der Waals surface area contributed by atoms with Gasteiger partial charge in [-0.2, -0.15) is 0 Å². The summed E-state index contributed by atoms with van der Waals surface area (Å²) >= 11 is 0. The van der Waals surface area contributed by atoms with Crippen LogP contribution in [0.25, 0.3) is 22.6 Å². The number of rotatable bonds is 7. The Hall–Kier alpha value is -3.74. The predicted molar refractivity (Wildman–Crippen MR) is 117 cm³/mol. The van der Waals surface area contributed by atoms with Crippen LogP contribution in [0, 0.1) is 5.41 Å². The highest BCUT2D eigenvalue weighted by atomic mass is 16.2. The zero-order chi connectivity index (χ0) is 21.7. The SMILES string of the molecule is CCCN(C(=N)c1[nH]c(-c2ccccc2)nc1-c1cccc(C(=O)CC)c1)C(N)=O. The topological polar surface area (TPSA) is 116 Å². The van der Waals surface area contributed by atoms with Gasteiger partial charge in [0.15, 0.2) is 11.6 Å². The second kappa shape index (κ2) is 9.17. The molecule has 30 heavy (non-hydrogen) atoms. The van der Waals surface area contributed by atoms with Gasteiger partial charge in [0.25, 0.3) is 0 Å². The fourth-order valence-electron chi connectivity index (χ4n) is 3.22. The third kappa shape index (κ3) is 4.30. The number of H-pyrrole nitrogens is 1. The minimum Gasteiger partial charge on any atom is -0.351 e. The van der Waals surface area contributed by atoms with Crippen molar-refractivity contribution in [2.75, 3.05) is 6.54 Å². The molecule has 0 radical (unpaired) electrons. The molecule has 0 aliphatic rings. The lowest BCUT2D eigenvalue weighted by molar-refractivity contribution is 0.0988. The summed E-state index contributed by atoms with van der Waals surface area (Å²) < 4.78 is 0. The van der Waals surface area contributed by atoms with Crippen molar-refractivity contribution in [1.82, 2.24) is 14.9 Å². The Balaban J connectivity index is 2.16. The molecular formula is C23H25N5O2. The number of aromatic amines is 1. The number of ketones is 1. The summed E-state index contributed by atoms with van der Waals surface area (Å²) in [6, 6.07) is 16.0. The van der Waals surface area contributed by atoms with Crippen LogP contribution in [-0.4, -0.2) is 39.1 Å². The van der Waals surface area contributed by atoms with Crippen LogP contribution in [-0.2, 0) is 0 Å². The Morgan fingerprint density at radius 2 is 1.77 bits per heavy atom. The summed E-state index contributed by atoms with van der Waals surface area (Å²) in [7, 11) is 0. The van der Waals surface area contributed by atoms with Gasteiger partial charge in [-0.3, -0.25) is 15.1 Å². The summed E-state index contributed by atoms with van der Waals surface area (Å²) in [5.74, 6) is 0.539. The number of hydrogen-bond acceptors (Lipinski definition) is 4. The molecule has 2 aromatic carbocycles. The maximum Gasteiger partial charge on any atom is 0.320 e. The van der Waals surface area contributed by atoms with Crippen molar-refractivity contribution in [3.05, 3.63) is 65.9 Å². The van der Waals surface area contributed by atoms with Crippen molar-refractivity contribution >= 4 is 17.6 Å². The average Bonchev–Trinajstić information content (AvgIpc) is 3.22. The molecule has 0 saturated heterocycles. The van der Waals surface area contributed by atoms with Crippen molar-refractivity contribution in [2.45, 2.75) is 26.7 Å². The van der Waals surface area contributed by atoms with E-state index in [0.29, 0.717) is 47.7 Å². The number of nitrogens with two attached hydrogens (primary N) is 1. The molecule has 0 saturated carbocycles. The number of nitrogens with zero attached hydrogens (tertiary/aromatic N) is 2. The quantitative estimate of drug-likeness (QED) is 0.307. The van der Waals surface area contributed by atoms with Crippen molar-refractivity contribution in [3.8, 4) is 22.6 Å². The second-order valence-electron chi connectivity index (χ2n) is 6.87. The van der Waals surface area contributed by atoms with Gasteiger partial charge in [-0.05, 0) is 12.5 Å². The number of carbonyl (C=O) groups is 2. The highest BCUT2D eigenvalue weighted by molar-refractivity contribution is 6.08. The van der Waals surface area contributed by atoms with Crippen LogP contribution in [0.15, 0.2) is 54.6 Å². The van der Waals surface area contributed by atoms with E-state index in [1.807, 2.05) is 50.2 Å². The van der Waals surface area contributed by atoms with Crippen molar-refractivity contribution in [1.29, 1.82) is 5.41 Å². The highest BCUT2D eigenvalue weighted by Gasteiger charge is 2.24. The first-order chi connectivity index (χ1) is 14.5. The van der Waals surface area contributed by atoms with Crippen molar-refractivity contribution < 1.29 is 9.59 Å². The van der Waals surface area contributed by atoms with Gasteiger partial charge in [0.1, 0.15) is 17.2 Å². The number of imidazole rings is 1. The molecule has 1 aromatic heterocycles. The van der Waals surface area contributed by atoms with Crippen LogP contribution < -0.4 is 5.73 Å². The number of urea groups is 1. The van der Waals surface area contributed by atoms with E-state index in [9.17, 15) is 9.59 Å². The van der Waals surface area contributed by atoms with Crippen LogP contribution in [0.5, 0.6) is 0 Å². The van der Waals surface area contributed by atoms with Gasteiger partial charge in [-0.25, -0.2) is 9.78 Å². The summed E-state index contributed by atoms with van der Waals surface area (Å²) in [5.41, 5.74) is 8.50. The lowest BCUT2D eigenvalue weighted by atomic mass is 10.0. The predicted octanol–water partition coefficient (Wildman–Crippen LogP) is 4.45. The first-order valence-electron chi connectivity index (χ1n) is 9.91. The van der Waals surface area contributed by atoms with Gasteiger partial charge in [-0.15, -0.1) is 0 Å². The Morgan fingerprint density at radius 1 is 1.07 bits per heavy atom. The Bertz CT molecular complexity index is 1070. The summed E-state index contributed by atoms with van der Waals surface area (Å²) in [4.78, 5) is 33.2. The number of primary amides is 1. The summed E-state index contributed by atoms with van der Waals surface area (Å²) in [6.45, 7) is 4.04. The van der Waals surface area contributed by atoms with Gasteiger partial charge in [0, 0.05) is 29.7 Å². The van der Waals surface area contributed by atoms with E-state index in [0.717, 1.165) is 5.56 Å². The largest absolute Gasteiger partial charge is 0.351 e. The molecule has 0 atom stereocenters. The van der Waals surface area contributed by atoms with Crippen LogP contribution in [0.4, 0.5) is 4.79 Å². The molecule has 7 nitrogen and oxygen atoms in total. The van der Waals surface area contributed by atoms with Crippen LogP contribution in [0.2, 0.25) is 0 Å². The number of hydrogen-bond donors (Lipinski definition) is 3. The third-order valence-corrected chi connectivity index (χ3v) is 4.75. The van der Waals surface area contributed by atoms with E-state index in [1.165, 1.54) is 4.90 Å². The molecule has 0 spiro atoms. The van der Waals surface area contributed by atoms with Crippen molar-refractivity contribution in [2.24, 2.45) is 5.73 Å². The van der Waals surface area contributed by atoms with E-state index >= 15 is 0 Å². The molecule has 7 heteroatoms. The van der Waals surface area contributed by atoms with E-state index in [1.54, 1.807) is 18.2 Å². The lowest BCUT2D eigenvalue weighted by Gasteiger charge is -2.20. The zero-order valence-electron chi connectivity index (χ0n) is 17.1. The second-order valence-corrected chi connectivity index (χ2v) is 6.87. The molecular weight excluding hydrogens is 378 g/mol. The number of benzene rings is 2. The molecule has 3 rings (SSSR count). The minimum absolute atomic E-state index is 0.0250. The number of Topliss-reactive ketones (excluding diaryl/α,β-unsaturated/α-hetero) is 1. The van der Waals surface area contributed by atoms with Gasteiger partial charge in [0.2, 0.25) is 0 Å². The smallest absolute Gasteiger partial charge is 0.320 e. The molecule has 0 fully saturated rings. The van der Waals surface area contributed by atoms with Crippen LogP contribution in [0.1, 0.15) is 42.7 Å². The fraction of sp³-hybridized carbons (Fsp3) is 0.217. The first kappa shape index (κ1) is 21.0. The number of nitrogens with one attached hydrogen (secondary N) is 2. The molecule has 1 heterocycles. The van der Waals surface area contributed by atoms with E-state index in [-0.39, 0.29) is 11.6 Å². The molecule has 3 aromatic rings. The number of carbonyl (C=O) groups excluding carboxylic acids is 2. The molecule has 0 aliphatic carbocycles. The van der Waals surface area contributed by atoms with Gasteiger partial charge >= 0.3 is 6.03 Å². The maximum absolute atomic E-state index is 12.2. The normalized spacial score (nSPS) is 10.6. The standard InChI is InChI=1S/C23H25N5O2/c1-3-13-28(23(25)30)21(24)20-19(17-12-8-11-16(14-17)18(29)4-2)26-22(27-20)15-9-6-5-7-10-15/h5-12,14,24H,3-4,13H2,1-2H3,(H2,25,30)(H,26,27). The Labute approximate surface area is 175 Å². The van der Waals surface area contributed by atoms with Crippen molar-refractivity contribution in [3.63, 3.8) is 0 Å². The Morgan fingerprint density at radius 3 is 2.40 bits per heavy atom. The molecule has 154 valence electrons. The molecule has 0 bridgehead atoms. The van der Waals surface area contributed by atoms with E-state index in [4.69, 9.17) is 16.1 Å². The van der Waals surface area contributed by atoms with Crippen LogP contribution in [0.3, 0.4) is 0 Å². The van der Waals surface area contributed by atoms with Crippen LogP contribution >= 0.6 is 0 Å².